The van der Waals surface area contributed by atoms with Crippen LogP contribution in [-0.2, 0) is 6.54 Å². The van der Waals surface area contributed by atoms with E-state index in [-0.39, 0.29) is 18.3 Å². The summed E-state index contributed by atoms with van der Waals surface area (Å²) in [5, 5.41) is 6.30. The first-order valence-electron chi connectivity index (χ1n) is 4.15. The molecule has 1 aliphatic rings. The van der Waals surface area contributed by atoms with Crippen molar-refractivity contribution in [2.45, 2.75) is 6.54 Å². The minimum atomic E-state index is -0.386. The number of anilines is 1. The van der Waals surface area contributed by atoms with E-state index in [9.17, 15) is 4.79 Å². The summed E-state index contributed by atoms with van der Waals surface area (Å²) in [6, 6.07) is 5.45. The third-order valence-corrected chi connectivity index (χ3v) is 2.11. The van der Waals surface area contributed by atoms with Gasteiger partial charge in [0, 0.05) is 17.8 Å². The van der Waals surface area contributed by atoms with Crippen molar-refractivity contribution in [2.24, 2.45) is 5.73 Å². The second kappa shape index (κ2) is 4.30. The van der Waals surface area contributed by atoms with E-state index >= 15 is 0 Å². The van der Waals surface area contributed by atoms with Crippen LogP contribution in [0.1, 0.15) is 15.9 Å². The lowest BCUT2D eigenvalue weighted by Gasteiger charge is -2.19. The van der Waals surface area contributed by atoms with Gasteiger partial charge in [0.2, 0.25) is 5.91 Å². The van der Waals surface area contributed by atoms with Crippen LogP contribution in [0.2, 0.25) is 0 Å². The van der Waals surface area contributed by atoms with Gasteiger partial charge in [0.05, 0.1) is 6.67 Å². The smallest absolute Gasteiger partial charge is 0.248 e. The van der Waals surface area contributed by atoms with E-state index < -0.39 is 0 Å². The number of primary amides is 1. The number of halogens is 1. The van der Waals surface area contributed by atoms with Gasteiger partial charge in [0.1, 0.15) is 0 Å². The minimum absolute atomic E-state index is 0. The van der Waals surface area contributed by atoms with Crippen molar-refractivity contribution in [1.29, 1.82) is 0 Å². The number of rotatable bonds is 1. The Morgan fingerprint density at radius 2 is 2.21 bits per heavy atom. The minimum Gasteiger partial charge on any atom is -0.372 e. The molecule has 1 heterocycles. The van der Waals surface area contributed by atoms with E-state index in [4.69, 9.17) is 5.73 Å². The Morgan fingerprint density at radius 3 is 2.93 bits per heavy atom. The Balaban J connectivity index is 0.000000980. The average Bonchev–Trinajstić information content (AvgIpc) is 2.17. The predicted octanol–water partition coefficient (Wildman–Crippen LogP) is 0.680. The Labute approximate surface area is 88.3 Å². The summed E-state index contributed by atoms with van der Waals surface area (Å²) < 4.78 is 0. The lowest BCUT2D eigenvalue weighted by Crippen LogP contribution is -2.27. The second-order valence-electron chi connectivity index (χ2n) is 3.02. The summed E-state index contributed by atoms with van der Waals surface area (Å²) in [6.45, 7) is 1.57. The molecule has 0 fully saturated rings. The molecule has 4 N–H and O–H groups in total. The highest BCUT2D eigenvalue weighted by Crippen LogP contribution is 2.19. The number of hydrogen-bond acceptors (Lipinski definition) is 3. The van der Waals surface area contributed by atoms with Crippen LogP contribution in [-0.4, -0.2) is 12.6 Å². The standard InChI is InChI=1S/C9H11N3O.ClH/c10-9(13)6-1-2-7-4-11-5-12-8(7)3-6;/h1-3,11-12H,4-5H2,(H2,10,13);1H. The highest BCUT2D eigenvalue weighted by Gasteiger charge is 2.09. The fourth-order valence-corrected chi connectivity index (χ4v) is 1.40. The zero-order valence-electron chi connectivity index (χ0n) is 7.54. The molecule has 0 saturated carbocycles. The summed E-state index contributed by atoms with van der Waals surface area (Å²) in [7, 11) is 0. The van der Waals surface area contributed by atoms with E-state index in [0.29, 0.717) is 5.56 Å². The van der Waals surface area contributed by atoms with Crippen LogP contribution in [0.4, 0.5) is 5.69 Å². The van der Waals surface area contributed by atoms with Gasteiger partial charge in [0.15, 0.2) is 0 Å². The van der Waals surface area contributed by atoms with Crippen molar-refractivity contribution in [1.82, 2.24) is 5.32 Å². The number of amides is 1. The van der Waals surface area contributed by atoms with Gasteiger partial charge in [-0.1, -0.05) is 6.07 Å². The van der Waals surface area contributed by atoms with E-state index in [2.05, 4.69) is 10.6 Å². The molecule has 1 amide bonds. The SMILES string of the molecule is Cl.NC(=O)c1ccc2c(c1)NCNC2. The molecule has 0 unspecified atom stereocenters. The molecule has 0 radical (unpaired) electrons. The van der Waals surface area contributed by atoms with Gasteiger partial charge in [-0.2, -0.15) is 0 Å². The molecule has 0 atom stereocenters. The molecule has 5 heteroatoms. The molecular weight excluding hydrogens is 202 g/mol. The molecule has 2 rings (SSSR count). The molecule has 0 aromatic heterocycles. The van der Waals surface area contributed by atoms with Gasteiger partial charge in [0.25, 0.3) is 0 Å². The molecule has 1 aliphatic heterocycles. The number of hydrogen-bond donors (Lipinski definition) is 3. The van der Waals surface area contributed by atoms with Crippen LogP contribution >= 0.6 is 12.4 Å². The molecule has 14 heavy (non-hydrogen) atoms. The topological polar surface area (TPSA) is 67.2 Å². The van der Waals surface area contributed by atoms with Crippen molar-refractivity contribution in [2.75, 3.05) is 12.0 Å². The second-order valence-corrected chi connectivity index (χ2v) is 3.02. The highest BCUT2D eigenvalue weighted by molar-refractivity contribution is 5.94. The quantitative estimate of drug-likeness (QED) is 0.643. The summed E-state index contributed by atoms with van der Waals surface area (Å²) in [5.41, 5.74) is 7.87. The lowest BCUT2D eigenvalue weighted by atomic mass is 10.1. The summed E-state index contributed by atoms with van der Waals surface area (Å²) >= 11 is 0. The number of carbonyl (C=O) groups excluding carboxylic acids is 1. The largest absolute Gasteiger partial charge is 0.372 e. The number of nitrogens with two attached hydrogens (primary N) is 1. The normalized spacial score (nSPS) is 13.4. The van der Waals surface area contributed by atoms with Crippen molar-refractivity contribution >= 4 is 24.0 Å². The van der Waals surface area contributed by atoms with Crippen molar-refractivity contribution in [3.05, 3.63) is 29.3 Å². The average molecular weight is 214 g/mol. The molecule has 76 valence electrons. The fourth-order valence-electron chi connectivity index (χ4n) is 1.40. The van der Waals surface area contributed by atoms with E-state index in [0.717, 1.165) is 24.5 Å². The highest BCUT2D eigenvalue weighted by atomic mass is 35.5. The van der Waals surface area contributed by atoms with E-state index in [1.54, 1.807) is 12.1 Å². The van der Waals surface area contributed by atoms with Gasteiger partial charge in [-0.05, 0) is 17.7 Å². The van der Waals surface area contributed by atoms with Gasteiger partial charge in [-0.3, -0.25) is 10.1 Å². The first kappa shape index (κ1) is 10.8. The first-order chi connectivity index (χ1) is 6.27. The van der Waals surface area contributed by atoms with Crippen LogP contribution in [0.5, 0.6) is 0 Å². The third-order valence-electron chi connectivity index (χ3n) is 2.11. The van der Waals surface area contributed by atoms with Crippen LogP contribution < -0.4 is 16.4 Å². The number of benzene rings is 1. The maximum Gasteiger partial charge on any atom is 0.248 e. The Kier molecular flexibility index (Phi) is 3.33. The first-order valence-corrected chi connectivity index (χ1v) is 4.15. The van der Waals surface area contributed by atoms with Crippen molar-refractivity contribution < 1.29 is 4.79 Å². The monoisotopic (exact) mass is 213 g/mol. The van der Waals surface area contributed by atoms with Gasteiger partial charge in [-0.15, -0.1) is 12.4 Å². The Hall–Kier alpha value is -1.26. The molecule has 1 aromatic carbocycles. The van der Waals surface area contributed by atoms with E-state index in [1.165, 1.54) is 0 Å². The Morgan fingerprint density at radius 1 is 1.43 bits per heavy atom. The molecule has 0 bridgehead atoms. The zero-order valence-corrected chi connectivity index (χ0v) is 8.36. The summed E-state index contributed by atoms with van der Waals surface area (Å²) in [6.07, 6.45) is 0. The number of carbonyl (C=O) groups is 1. The Bertz CT molecular complexity index is 354. The van der Waals surface area contributed by atoms with E-state index in [1.807, 2.05) is 6.07 Å². The number of nitrogens with one attached hydrogen (secondary N) is 2. The summed E-state index contributed by atoms with van der Waals surface area (Å²) in [4.78, 5) is 10.9. The van der Waals surface area contributed by atoms with Crippen LogP contribution in [0.15, 0.2) is 18.2 Å². The maximum absolute atomic E-state index is 10.9. The zero-order chi connectivity index (χ0) is 9.26. The van der Waals surface area contributed by atoms with Crippen LogP contribution in [0, 0.1) is 0 Å². The molecule has 0 saturated heterocycles. The summed E-state index contributed by atoms with van der Waals surface area (Å²) in [5.74, 6) is -0.386. The van der Waals surface area contributed by atoms with Gasteiger partial charge >= 0.3 is 0 Å². The number of fused-ring (bicyclic) bond motifs is 1. The fraction of sp³-hybridized carbons (Fsp3) is 0.222. The van der Waals surface area contributed by atoms with Gasteiger partial charge < -0.3 is 11.1 Å². The van der Waals surface area contributed by atoms with Crippen LogP contribution in [0.3, 0.4) is 0 Å². The molecule has 1 aromatic rings. The van der Waals surface area contributed by atoms with Crippen molar-refractivity contribution in [3.63, 3.8) is 0 Å². The molecule has 0 spiro atoms. The molecule has 0 aliphatic carbocycles. The molecular formula is C9H12ClN3O. The van der Waals surface area contributed by atoms with Gasteiger partial charge in [-0.25, -0.2) is 0 Å². The molecule has 4 nitrogen and oxygen atoms in total. The predicted molar refractivity (Wildman–Crippen MR) is 57.5 cm³/mol. The third kappa shape index (κ3) is 1.97. The van der Waals surface area contributed by atoms with Crippen LogP contribution in [0.25, 0.3) is 0 Å². The maximum atomic E-state index is 10.9. The van der Waals surface area contributed by atoms with Crippen molar-refractivity contribution in [3.8, 4) is 0 Å². The lowest BCUT2D eigenvalue weighted by molar-refractivity contribution is 0.100.